The lowest BCUT2D eigenvalue weighted by Gasteiger charge is -2.25. The molecule has 0 aliphatic rings. The molecule has 0 aliphatic carbocycles. The van der Waals surface area contributed by atoms with Crippen LogP contribution in [0.4, 0.5) is 72.8 Å². The van der Waals surface area contributed by atoms with Gasteiger partial charge in [0.2, 0.25) is 0 Å². The van der Waals surface area contributed by atoms with Gasteiger partial charge in [-0.2, -0.15) is 81.3 Å². The van der Waals surface area contributed by atoms with E-state index in [1.54, 1.807) is 32.9 Å². The number of hydrogen-bond acceptors (Lipinski definition) is 15. The van der Waals surface area contributed by atoms with E-state index >= 15 is 0 Å². The van der Waals surface area contributed by atoms with Crippen LogP contribution in [0.1, 0.15) is 104 Å². The Morgan fingerprint density at radius 2 is 0.945 bits per heavy atom. The highest BCUT2D eigenvalue weighted by molar-refractivity contribution is 6.67. The third-order valence-corrected chi connectivity index (χ3v) is 12.8. The molecule has 0 radical (unpaired) electrons. The zero-order valence-electron chi connectivity index (χ0n) is 46.6. The number of amides is 3. The molecule has 0 saturated carbocycles. The molecule has 0 fully saturated rings. The Hall–Kier alpha value is -8.35. The highest BCUT2D eigenvalue weighted by atomic mass is 35.5. The molecule has 91 heavy (non-hydrogen) atoms. The van der Waals surface area contributed by atoms with E-state index in [4.69, 9.17) is 63.7 Å². The average molecular weight is 1400 g/mol. The zero-order chi connectivity index (χ0) is 68.3. The first kappa shape index (κ1) is 71.7. The van der Waals surface area contributed by atoms with Crippen LogP contribution in [0.2, 0.25) is 20.1 Å². The number of anilines is 2. The van der Waals surface area contributed by atoms with E-state index < -0.39 is 77.8 Å². The summed E-state index contributed by atoms with van der Waals surface area (Å²) in [6, 6.07) is 13.9. The van der Waals surface area contributed by atoms with Gasteiger partial charge >= 0.3 is 36.0 Å². The average Bonchev–Trinajstić information content (AvgIpc) is 1.78. The van der Waals surface area contributed by atoms with Gasteiger partial charge in [0.05, 0.1) is 38.2 Å². The van der Waals surface area contributed by atoms with Gasteiger partial charge in [0, 0.05) is 40.2 Å². The standard InChI is InChI=1S/C25H20Cl2F7N9O2.C14H6Cl2F7N7O.C11H15ClN2O/c1-11(2)36-20(44)15-8-13(26)7-12(3)18(15)37-21(45)17-9-14(39-43(17)19-16(27)5-4-6-35-19)10-42-40-22(38-41-42)23(28,29)24(30,31)25(32,33)34;15-7-2-1-3-24-10(7)30-8(9(16)31)4-6(26-30)5-29-27-11(25-28-29)12(17,18)13(19,20)14(21,22)23;1-6(2)14-11(15)9-5-8(12)4-7(3)10(9)13/h4-9,11H,10H2,1-3H3,(H,36,44)(H,37,45);1-4H,5H2;4-6H,13H2,1-3H3,(H,14,15). The lowest BCUT2D eigenvalue weighted by Crippen LogP contribution is -2.50. The van der Waals surface area contributed by atoms with Gasteiger partial charge in [-0.3, -0.25) is 19.2 Å². The summed E-state index contributed by atoms with van der Waals surface area (Å²) < 4.78 is 185. The number of nitrogens with zero attached hydrogens (tertiary/aromatic N) is 14. The number of benzene rings is 2. The molecule has 0 atom stereocenters. The number of aromatic nitrogens is 14. The summed E-state index contributed by atoms with van der Waals surface area (Å²) in [5.41, 5.74) is 7.23. The van der Waals surface area contributed by atoms with Crippen molar-refractivity contribution in [1.29, 1.82) is 0 Å². The maximum Gasteiger partial charge on any atom is 0.460 e. The maximum absolute atomic E-state index is 14.1. The van der Waals surface area contributed by atoms with Crippen molar-refractivity contribution in [2.45, 2.75) is 103 Å². The van der Waals surface area contributed by atoms with E-state index in [0.717, 1.165) is 27.1 Å². The number of nitrogen functional groups attached to an aromatic ring is 1. The molecule has 3 amide bonds. The third kappa shape index (κ3) is 16.0. The van der Waals surface area contributed by atoms with Crippen molar-refractivity contribution >= 4 is 92.3 Å². The van der Waals surface area contributed by atoms with Crippen LogP contribution in [0.15, 0.2) is 73.1 Å². The first-order valence-electron chi connectivity index (χ1n) is 25.1. The van der Waals surface area contributed by atoms with E-state index in [2.05, 4.69) is 66.9 Å². The molecule has 6 aromatic heterocycles. The number of pyridine rings is 2. The van der Waals surface area contributed by atoms with Gasteiger partial charge in [-0.25, -0.2) is 19.3 Å². The maximum atomic E-state index is 14.1. The van der Waals surface area contributed by atoms with Gasteiger partial charge < -0.3 is 21.7 Å². The summed E-state index contributed by atoms with van der Waals surface area (Å²) in [5.74, 6) is -30.6. The third-order valence-electron chi connectivity index (χ3n) is 11.6. The minimum absolute atomic E-state index is 0.0102. The molecule has 0 aliphatic heterocycles. The highest BCUT2D eigenvalue weighted by Crippen LogP contribution is 2.52. The number of hydrogen-bond donors (Lipinski definition) is 4. The lowest BCUT2D eigenvalue weighted by molar-refractivity contribution is -0.361. The fourth-order valence-electron chi connectivity index (χ4n) is 7.39. The van der Waals surface area contributed by atoms with E-state index in [0.29, 0.717) is 21.8 Å². The minimum Gasteiger partial charge on any atom is -0.398 e. The first-order chi connectivity index (χ1) is 42.0. The van der Waals surface area contributed by atoms with E-state index in [9.17, 15) is 80.6 Å². The predicted molar refractivity (Wildman–Crippen MR) is 296 cm³/mol. The van der Waals surface area contributed by atoms with Crippen molar-refractivity contribution in [3.8, 4) is 11.6 Å². The van der Waals surface area contributed by atoms with Crippen LogP contribution in [-0.4, -0.2) is 129 Å². The van der Waals surface area contributed by atoms with Crippen LogP contribution < -0.4 is 21.7 Å². The Kier molecular flexibility index (Phi) is 21.8. The Bertz CT molecular complexity index is 4010. The summed E-state index contributed by atoms with van der Waals surface area (Å²) >= 11 is 29.7. The molecule has 0 saturated heterocycles. The van der Waals surface area contributed by atoms with Gasteiger partial charge in [-0.05, 0) is 135 Å². The van der Waals surface area contributed by atoms with Crippen molar-refractivity contribution in [3.63, 3.8) is 0 Å². The summed E-state index contributed by atoms with van der Waals surface area (Å²) in [6.07, 6.45) is -10.5. The van der Waals surface area contributed by atoms with Crippen LogP contribution in [0.5, 0.6) is 0 Å². The van der Waals surface area contributed by atoms with Gasteiger partial charge in [-0.1, -0.05) is 46.4 Å². The second-order valence-corrected chi connectivity index (χ2v) is 21.4. The SMILES string of the molecule is Cc1cc(Cl)cc(C(=O)NC(C)C)c1N.Cc1cc(Cl)cc(C(=O)NC(C)C)c1NC(=O)c1cc(Cn2nnc(C(F)(F)C(F)(F)C(F)(F)F)n2)nn1-c1ncccc1Cl.O=C(Cl)c1cc(Cn2nnc(C(F)(F)C(F)(F)C(F)(F)F)n2)nn1-c1ncccc1Cl. The van der Waals surface area contributed by atoms with Crippen molar-refractivity contribution in [2.24, 2.45) is 0 Å². The fourth-order valence-corrected chi connectivity index (χ4v) is 8.48. The van der Waals surface area contributed by atoms with E-state index in [1.165, 1.54) is 48.8 Å². The Morgan fingerprint density at radius 1 is 0.549 bits per heavy atom. The largest absolute Gasteiger partial charge is 0.460 e. The Balaban J connectivity index is 0.000000246. The Labute approximate surface area is 526 Å². The van der Waals surface area contributed by atoms with Gasteiger partial charge in [-0.15, -0.1) is 20.4 Å². The van der Waals surface area contributed by atoms with Crippen LogP contribution in [-0.2, 0) is 24.9 Å². The molecule has 8 rings (SSSR count). The summed E-state index contributed by atoms with van der Waals surface area (Å²) in [5, 5.41) is 33.3. The molecule has 41 heteroatoms. The lowest BCUT2D eigenvalue weighted by atomic mass is 10.1. The first-order valence-corrected chi connectivity index (χ1v) is 27.0. The predicted octanol–water partition coefficient (Wildman–Crippen LogP) is 11.6. The molecular weight excluding hydrogens is 1360 g/mol. The summed E-state index contributed by atoms with van der Waals surface area (Å²) in [7, 11) is 0. The normalized spacial score (nSPS) is 12.3. The molecular formula is C50H41Cl5F14N18O4. The number of halogens is 19. The second kappa shape index (κ2) is 27.6. The summed E-state index contributed by atoms with van der Waals surface area (Å²) in [4.78, 5) is 58.4. The molecule has 2 aromatic carbocycles. The molecule has 6 heterocycles. The summed E-state index contributed by atoms with van der Waals surface area (Å²) in [6.45, 7) is 9.28. The number of nitrogens with one attached hydrogen (secondary N) is 3. The molecule has 8 aromatic rings. The molecule has 0 unspecified atom stereocenters. The van der Waals surface area contributed by atoms with Crippen molar-refractivity contribution < 1.29 is 80.6 Å². The minimum atomic E-state index is -6.61. The van der Waals surface area contributed by atoms with Crippen LogP contribution in [0, 0.1) is 13.8 Å². The highest BCUT2D eigenvalue weighted by Gasteiger charge is 2.76. The van der Waals surface area contributed by atoms with Crippen molar-refractivity contribution in [2.75, 3.05) is 11.1 Å². The molecule has 0 spiro atoms. The second-order valence-electron chi connectivity index (χ2n) is 19.4. The number of nitrogens with two attached hydrogens (primary N) is 1. The topological polar surface area (TPSA) is 279 Å². The van der Waals surface area contributed by atoms with Crippen LogP contribution in [0.3, 0.4) is 0 Å². The van der Waals surface area contributed by atoms with Gasteiger partial charge in [0.25, 0.3) is 34.6 Å². The number of rotatable bonds is 17. The van der Waals surface area contributed by atoms with Crippen molar-refractivity contribution in [3.05, 3.63) is 150 Å². The zero-order valence-corrected chi connectivity index (χ0v) is 50.4. The molecule has 22 nitrogen and oxygen atoms in total. The number of alkyl halides is 14. The van der Waals surface area contributed by atoms with E-state index in [1.807, 2.05) is 20.8 Å². The number of aryl methyl sites for hydroxylation is 2. The van der Waals surface area contributed by atoms with Crippen LogP contribution in [0.25, 0.3) is 11.6 Å². The molecule has 5 N–H and O–H groups in total. The van der Waals surface area contributed by atoms with Crippen molar-refractivity contribution in [1.82, 2.24) is 80.6 Å². The fraction of sp³-hybridized carbons (Fsp3) is 0.320. The Morgan fingerprint density at radius 3 is 1.35 bits per heavy atom. The van der Waals surface area contributed by atoms with E-state index in [-0.39, 0.29) is 88.3 Å². The van der Waals surface area contributed by atoms with Gasteiger partial charge in [0.15, 0.2) is 11.6 Å². The molecule has 0 bridgehead atoms. The monoisotopic (exact) mass is 1400 g/mol. The quantitative estimate of drug-likeness (QED) is 0.0375. The van der Waals surface area contributed by atoms with Crippen LogP contribution >= 0.6 is 58.0 Å². The smallest absolute Gasteiger partial charge is 0.398 e. The number of carbonyl (C=O) groups is 4. The number of tetrazole rings is 2. The van der Waals surface area contributed by atoms with Gasteiger partial charge in [0.1, 0.15) is 24.5 Å². The number of carbonyl (C=O) groups excluding carboxylic acids is 4. The molecule has 488 valence electrons.